The van der Waals surface area contributed by atoms with Crippen molar-refractivity contribution in [1.29, 1.82) is 0 Å². The molecule has 0 aromatic carbocycles. The maximum absolute atomic E-state index is 11.0. The molecule has 17 heavy (non-hydrogen) atoms. The number of nitrogens with zero attached hydrogens (tertiary/aromatic N) is 2. The first-order valence-corrected chi connectivity index (χ1v) is 6.78. The summed E-state index contributed by atoms with van der Waals surface area (Å²) in [5, 5.41) is 9.89. The van der Waals surface area contributed by atoms with Crippen molar-refractivity contribution >= 4 is 22.4 Å². The zero-order valence-electron chi connectivity index (χ0n) is 10.4. The average Bonchev–Trinajstić information content (AvgIpc) is 2.97. The van der Waals surface area contributed by atoms with Crippen LogP contribution in [0.25, 0.3) is 0 Å². The fourth-order valence-corrected chi connectivity index (χ4v) is 2.85. The fourth-order valence-electron chi connectivity index (χ4n) is 1.87. The van der Waals surface area contributed by atoms with Crippen LogP contribution in [0.4, 0.5) is 5.13 Å². The van der Waals surface area contributed by atoms with Gasteiger partial charge in [-0.05, 0) is 25.7 Å². The van der Waals surface area contributed by atoms with E-state index in [-0.39, 0.29) is 5.69 Å². The van der Waals surface area contributed by atoms with Crippen molar-refractivity contribution in [2.75, 3.05) is 11.4 Å². The monoisotopic (exact) mass is 254 g/mol. The predicted molar refractivity (Wildman–Crippen MR) is 69.0 cm³/mol. The van der Waals surface area contributed by atoms with Crippen molar-refractivity contribution < 1.29 is 9.90 Å². The van der Waals surface area contributed by atoms with Crippen LogP contribution in [0.2, 0.25) is 0 Å². The molecule has 1 N–H and O–H groups in total. The van der Waals surface area contributed by atoms with Crippen molar-refractivity contribution in [3.8, 4) is 0 Å². The normalized spacial score (nSPS) is 15.3. The van der Waals surface area contributed by atoms with Crippen molar-refractivity contribution in [1.82, 2.24) is 4.98 Å². The Morgan fingerprint density at radius 1 is 1.59 bits per heavy atom. The van der Waals surface area contributed by atoms with Crippen LogP contribution >= 0.6 is 11.3 Å². The second-order valence-electron chi connectivity index (χ2n) is 4.98. The second kappa shape index (κ2) is 4.64. The summed E-state index contributed by atoms with van der Waals surface area (Å²) in [6.07, 6.45) is 2.40. The Balaban J connectivity index is 2.23. The first-order chi connectivity index (χ1) is 7.99. The Morgan fingerprint density at radius 3 is 2.65 bits per heavy atom. The Morgan fingerprint density at radius 2 is 2.24 bits per heavy atom. The van der Waals surface area contributed by atoms with Gasteiger partial charge in [-0.2, -0.15) is 0 Å². The smallest absolute Gasteiger partial charge is 0.355 e. The third kappa shape index (κ3) is 2.77. The molecular weight excluding hydrogens is 236 g/mol. The molecule has 0 amide bonds. The van der Waals surface area contributed by atoms with Gasteiger partial charge in [-0.1, -0.05) is 13.8 Å². The number of thiazole rings is 1. The molecule has 1 aliphatic rings. The Kier molecular flexibility index (Phi) is 3.38. The van der Waals surface area contributed by atoms with Gasteiger partial charge in [0.25, 0.3) is 0 Å². The van der Waals surface area contributed by atoms with Crippen molar-refractivity contribution in [2.45, 2.75) is 39.7 Å². The zero-order valence-corrected chi connectivity index (χ0v) is 11.3. The summed E-state index contributed by atoms with van der Waals surface area (Å²) < 4.78 is 0. The topological polar surface area (TPSA) is 53.4 Å². The van der Waals surface area contributed by atoms with Gasteiger partial charge < -0.3 is 10.0 Å². The minimum Gasteiger partial charge on any atom is -0.476 e. The molecule has 1 aliphatic carbocycles. The highest BCUT2D eigenvalue weighted by molar-refractivity contribution is 7.15. The van der Waals surface area contributed by atoms with Gasteiger partial charge in [-0.25, -0.2) is 9.78 Å². The molecule has 1 fully saturated rings. The number of aryl methyl sites for hydroxylation is 1. The summed E-state index contributed by atoms with van der Waals surface area (Å²) in [5.74, 6) is -0.363. The van der Waals surface area contributed by atoms with Gasteiger partial charge in [-0.15, -0.1) is 11.3 Å². The molecule has 0 atom stereocenters. The van der Waals surface area contributed by atoms with Crippen LogP contribution in [-0.4, -0.2) is 28.6 Å². The standard InChI is InChI=1S/C12H18N2O2S/c1-7(2)6-14(9-4-5-9)12-13-10(11(15)16)8(3)17-12/h7,9H,4-6H2,1-3H3,(H,15,16). The lowest BCUT2D eigenvalue weighted by Crippen LogP contribution is -2.29. The Labute approximate surface area is 105 Å². The summed E-state index contributed by atoms with van der Waals surface area (Å²) in [7, 11) is 0. The van der Waals surface area contributed by atoms with Crippen LogP contribution in [0.1, 0.15) is 42.1 Å². The summed E-state index contributed by atoms with van der Waals surface area (Å²) in [5.41, 5.74) is 0.208. The number of carboxylic acid groups (broad SMARTS) is 1. The molecule has 1 heterocycles. The largest absolute Gasteiger partial charge is 0.476 e. The number of carbonyl (C=O) groups is 1. The van der Waals surface area contributed by atoms with Crippen LogP contribution in [0, 0.1) is 12.8 Å². The van der Waals surface area contributed by atoms with Crippen molar-refractivity contribution in [3.05, 3.63) is 10.6 Å². The maximum atomic E-state index is 11.0. The number of aromatic carboxylic acids is 1. The maximum Gasteiger partial charge on any atom is 0.355 e. The summed E-state index contributed by atoms with van der Waals surface area (Å²) >= 11 is 1.50. The van der Waals surface area contributed by atoms with E-state index in [0.717, 1.165) is 16.6 Å². The average molecular weight is 254 g/mol. The van der Waals surface area contributed by atoms with E-state index in [4.69, 9.17) is 5.11 Å². The van der Waals surface area contributed by atoms with Gasteiger partial charge in [0.05, 0.1) is 0 Å². The SMILES string of the molecule is Cc1sc(N(CC(C)C)C2CC2)nc1C(=O)O. The lowest BCUT2D eigenvalue weighted by Gasteiger charge is -2.23. The molecule has 0 bridgehead atoms. The van der Waals surface area contributed by atoms with Gasteiger partial charge in [0.15, 0.2) is 10.8 Å². The highest BCUT2D eigenvalue weighted by Gasteiger charge is 2.32. The quantitative estimate of drug-likeness (QED) is 0.878. The van der Waals surface area contributed by atoms with E-state index in [1.165, 1.54) is 24.2 Å². The molecule has 5 heteroatoms. The minimum absolute atomic E-state index is 0.208. The molecule has 0 aliphatic heterocycles. The van der Waals surface area contributed by atoms with Gasteiger partial charge in [0.1, 0.15) is 0 Å². The van der Waals surface area contributed by atoms with Crippen LogP contribution in [0.5, 0.6) is 0 Å². The minimum atomic E-state index is -0.926. The lowest BCUT2D eigenvalue weighted by molar-refractivity contribution is 0.0690. The number of anilines is 1. The van der Waals surface area contributed by atoms with E-state index >= 15 is 0 Å². The third-order valence-corrected chi connectivity index (χ3v) is 3.79. The Bertz CT molecular complexity index is 424. The molecule has 1 aromatic rings. The van der Waals surface area contributed by atoms with Gasteiger partial charge in [0.2, 0.25) is 0 Å². The van der Waals surface area contributed by atoms with E-state index in [2.05, 4.69) is 23.7 Å². The van der Waals surface area contributed by atoms with E-state index in [1.807, 2.05) is 6.92 Å². The molecule has 1 aromatic heterocycles. The van der Waals surface area contributed by atoms with Gasteiger partial charge in [-0.3, -0.25) is 0 Å². The molecular formula is C12H18N2O2S. The number of hydrogen-bond donors (Lipinski definition) is 1. The predicted octanol–water partition coefficient (Wildman–Crippen LogP) is 2.77. The molecule has 0 saturated heterocycles. The first kappa shape index (κ1) is 12.4. The van der Waals surface area contributed by atoms with Crippen LogP contribution in [0.15, 0.2) is 0 Å². The van der Waals surface area contributed by atoms with Crippen molar-refractivity contribution in [3.63, 3.8) is 0 Å². The van der Waals surface area contributed by atoms with Gasteiger partial charge >= 0.3 is 5.97 Å². The highest BCUT2D eigenvalue weighted by atomic mass is 32.1. The third-order valence-electron chi connectivity index (χ3n) is 2.78. The molecule has 0 unspecified atom stereocenters. The van der Waals surface area contributed by atoms with Crippen molar-refractivity contribution in [2.24, 2.45) is 5.92 Å². The number of rotatable bonds is 5. The number of carboxylic acids is 1. The zero-order chi connectivity index (χ0) is 12.6. The fraction of sp³-hybridized carbons (Fsp3) is 0.667. The second-order valence-corrected chi connectivity index (χ2v) is 6.17. The van der Waals surface area contributed by atoms with Gasteiger partial charge in [0, 0.05) is 17.5 Å². The molecule has 4 nitrogen and oxygen atoms in total. The van der Waals surface area contributed by atoms with E-state index < -0.39 is 5.97 Å². The molecule has 2 rings (SSSR count). The summed E-state index contributed by atoms with van der Waals surface area (Å²) in [6, 6.07) is 0.574. The molecule has 94 valence electrons. The van der Waals surface area contributed by atoms with Crippen LogP contribution < -0.4 is 4.90 Å². The molecule has 0 spiro atoms. The lowest BCUT2D eigenvalue weighted by atomic mass is 10.2. The number of hydrogen-bond acceptors (Lipinski definition) is 4. The van der Waals surface area contributed by atoms with E-state index in [0.29, 0.717) is 12.0 Å². The summed E-state index contributed by atoms with van der Waals surface area (Å²) in [6.45, 7) is 7.13. The molecule has 0 radical (unpaired) electrons. The van der Waals surface area contributed by atoms with E-state index in [1.54, 1.807) is 0 Å². The first-order valence-electron chi connectivity index (χ1n) is 5.96. The summed E-state index contributed by atoms with van der Waals surface area (Å²) in [4.78, 5) is 18.3. The van der Waals surface area contributed by atoms with E-state index in [9.17, 15) is 4.79 Å². The van der Waals surface area contributed by atoms with Crippen LogP contribution in [0.3, 0.4) is 0 Å². The molecule has 1 saturated carbocycles. The highest BCUT2D eigenvalue weighted by Crippen LogP contribution is 2.35. The number of aromatic nitrogens is 1. The Hall–Kier alpha value is -1.10. The van der Waals surface area contributed by atoms with Crippen LogP contribution in [-0.2, 0) is 0 Å².